The number of ether oxygens (including phenoxy) is 1. The summed E-state index contributed by atoms with van der Waals surface area (Å²) in [6.45, 7) is 3.86. The van der Waals surface area contributed by atoms with E-state index in [4.69, 9.17) is 4.74 Å². The van der Waals surface area contributed by atoms with Gasteiger partial charge in [-0.15, -0.1) is 0 Å². The van der Waals surface area contributed by atoms with Crippen LogP contribution in [0.2, 0.25) is 0 Å². The van der Waals surface area contributed by atoms with Crippen molar-refractivity contribution in [3.8, 4) is 5.75 Å². The summed E-state index contributed by atoms with van der Waals surface area (Å²) in [6, 6.07) is 23.0. The molecule has 0 bridgehead atoms. The molecule has 3 aromatic carbocycles. The highest BCUT2D eigenvalue weighted by atomic mass is 16.5. The Morgan fingerprint density at radius 1 is 0.714 bits per heavy atom. The zero-order valence-corrected chi connectivity index (χ0v) is 15.8. The zero-order chi connectivity index (χ0) is 19.9. The maximum absolute atomic E-state index is 12.6. The Balaban J connectivity index is 1.70. The van der Waals surface area contributed by atoms with Gasteiger partial charge < -0.3 is 15.4 Å². The third-order valence-electron chi connectivity index (χ3n) is 3.88. The summed E-state index contributed by atoms with van der Waals surface area (Å²) in [6.07, 6.45) is 0.0260. The van der Waals surface area contributed by atoms with Gasteiger partial charge in [-0.3, -0.25) is 9.59 Å². The summed E-state index contributed by atoms with van der Waals surface area (Å²) < 4.78 is 5.63. The zero-order valence-electron chi connectivity index (χ0n) is 15.8. The van der Waals surface area contributed by atoms with E-state index in [1.54, 1.807) is 42.5 Å². The molecule has 0 saturated heterocycles. The van der Waals surface area contributed by atoms with Gasteiger partial charge in [0.25, 0.3) is 11.8 Å². The summed E-state index contributed by atoms with van der Waals surface area (Å²) in [5.41, 5.74) is 2.20. The minimum Gasteiger partial charge on any atom is -0.491 e. The summed E-state index contributed by atoms with van der Waals surface area (Å²) in [4.78, 5) is 25.0. The second kappa shape index (κ2) is 8.86. The molecule has 0 aliphatic carbocycles. The standard InChI is InChI=1S/C23H22N2O3/c1-16(2)28-21-13-7-9-18(15-21)23(27)25-20-12-6-8-17(14-20)22(26)24-19-10-4-3-5-11-19/h3-16H,1-2H3,(H,24,26)(H,25,27). The van der Waals surface area contributed by atoms with Crippen LogP contribution >= 0.6 is 0 Å². The molecule has 142 valence electrons. The number of carbonyl (C=O) groups is 2. The number of benzene rings is 3. The van der Waals surface area contributed by atoms with Crippen LogP contribution in [-0.2, 0) is 0 Å². The van der Waals surface area contributed by atoms with E-state index in [1.807, 2.05) is 50.2 Å². The number of amides is 2. The summed E-state index contributed by atoms with van der Waals surface area (Å²) >= 11 is 0. The van der Waals surface area contributed by atoms with Crippen molar-refractivity contribution in [2.45, 2.75) is 20.0 Å². The molecular weight excluding hydrogens is 352 g/mol. The van der Waals surface area contributed by atoms with Crippen molar-refractivity contribution < 1.29 is 14.3 Å². The quantitative estimate of drug-likeness (QED) is 0.639. The molecule has 5 nitrogen and oxygen atoms in total. The number of anilines is 2. The number of carbonyl (C=O) groups excluding carboxylic acids is 2. The Bertz CT molecular complexity index is 968. The molecule has 0 spiro atoms. The predicted molar refractivity (Wildman–Crippen MR) is 111 cm³/mol. The highest BCUT2D eigenvalue weighted by Crippen LogP contribution is 2.18. The van der Waals surface area contributed by atoms with E-state index in [0.717, 1.165) is 0 Å². The van der Waals surface area contributed by atoms with Gasteiger partial charge in [0.05, 0.1) is 6.10 Å². The number of para-hydroxylation sites is 1. The van der Waals surface area contributed by atoms with E-state index in [1.165, 1.54) is 0 Å². The Morgan fingerprint density at radius 2 is 1.29 bits per heavy atom. The first-order valence-corrected chi connectivity index (χ1v) is 9.06. The van der Waals surface area contributed by atoms with Crippen molar-refractivity contribution in [3.05, 3.63) is 90.0 Å². The van der Waals surface area contributed by atoms with Crippen LogP contribution in [-0.4, -0.2) is 17.9 Å². The van der Waals surface area contributed by atoms with Crippen LogP contribution in [0.5, 0.6) is 5.75 Å². The molecule has 0 aromatic heterocycles. The first kappa shape index (κ1) is 19.2. The SMILES string of the molecule is CC(C)Oc1cccc(C(=O)Nc2cccc(C(=O)Nc3ccccc3)c2)c1. The highest BCUT2D eigenvalue weighted by Gasteiger charge is 2.11. The topological polar surface area (TPSA) is 67.4 Å². The van der Waals surface area contributed by atoms with E-state index < -0.39 is 0 Å². The van der Waals surface area contributed by atoms with Crippen molar-refractivity contribution >= 4 is 23.2 Å². The summed E-state index contributed by atoms with van der Waals surface area (Å²) in [5, 5.41) is 5.65. The molecule has 0 aliphatic rings. The van der Waals surface area contributed by atoms with Gasteiger partial charge in [0.15, 0.2) is 0 Å². The molecule has 28 heavy (non-hydrogen) atoms. The fourth-order valence-corrected chi connectivity index (χ4v) is 2.65. The van der Waals surface area contributed by atoms with Gasteiger partial charge in [-0.25, -0.2) is 0 Å². The molecule has 0 heterocycles. The van der Waals surface area contributed by atoms with Gasteiger partial charge in [0, 0.05) is 22.5 Å². The van der Waals surface area contributed by atoms with E-state index >= 15 is 0 Å². The maximum atomic E-state index is 12.6. The average molecular weight is 374 g/mol. The highest BCUT2D eigenvalue weighted by molar-refractivity contribution is 6.07. The molecule has 2 amide bonds. The summed E-state index contributed by atoms with van der Waals surface area (Å²) in [7, 11) is 0. The van der Waals surface area contributed by atoms with Crippen molar-refractivity contribution in [1.29, 1.82) is 0 Å². The van der Waals surface area contributed by atoms with Gasteiger partial charge in [0.2, 0.25) is 0 Å². The molecule has 0 atom stereocenters. The molecular formula is C23H22N2O3. The number of hydrogen-bond acceptors (Lipinski definition) is 3. The molecule has 0 radical (unpaired) electrons. The lowest BCUT2D eigenvalue weighted by molar-refractivity contribution is 0.101. The van der Waals surface area contributed by atoms with Crippen LogP contribution < -0.4 is 15.4 Å². The Labute approximate surface area is 164 Å². The van der Waals surface area contributed by atoms with Crippen LogP contribution in [0.15, 0.2) is 78.9 Å². The third-order valence-corrected chi connectivity index (χ3v) is 3.88. The lowest BCUT2D eigenvalue weighted by atomic mass is 10.1. The lowest BCUT2D eigenvalue weighted by Crippen LogP contribution is -2.15. The number of rotatable bonds is 6. The molecule has 0 saturated carbocycles. The van der Waals surface area contributed by atoms with E-state index in [2.05, 4.69) is 10.6 Å². The minimum atomic E-state index is -0.269. The van der Waals surface area contributed by atoms with E-state index in [0.29, 0.717) is 28.3 Å². The minimum absolute atomic E-state index is 0.0260. The Morgan fingerprint density at radius 3 is 1.96 bits per heavy atom. The normalized spacial score (nSPS) is 10.4. The maximum Gasteiger partial charge on any atom is 0.255 e. The van der Waals surface area contributed by atoms with Crippen LogP contribution in [0.4, 0.5) is 11.4 Å². The van der Waals surface area contributed by atoms with Crippen molar-refractivity contribution in [2.75, 3.05) is 10.6 Å². The molecule has 0 unspecified atom stereocenters. The Hall–Kier alpha value is -3.60. The second-order valence-electron chi connectivity index (χ2n) is 6.55. The monoisotopic (exact) mass is 374 g/mol. The predicted octanol–water partition coefficient (Wildman–Crippen LogP) is 4.98. The van der Waals surface area contributed by atoms with Crippen LogP contribution in [0.25, 0.3) is 0 Å². The van der Waals surface area contributed by atoms with Gasteiger partial charge in [0.1, 0.15) is 5.75 Å². The largest absolute Gasteiger partial charge is 0.491 e. The Kier molecular flexibility index (Phi) is 6.07. The van der Waals surface area contributed by atoms with Crippen LogP contribution in [0.3, 0.4) is 0 Å². The van der Waals surface area contributed by atoms with Crippen molar-refractivity contribution in [2.24, 2.45) is 0 Å². The lowest BCUT2D eigenvalue weighted by Gasteiger charge is -2.11. The first-order valence-electron chi connectivity index (χ1n) is 9.06. The molecule has 0 fully saturated rings. The first-order chi connectivity index (χ1) is 13.5. The number of hydrogen-bond donors (Lipinski definition) is 2. The fourth-order valence-electron chi connectivity index (χ4n) is 2.65. The van der Waals surface area contributed by atoms with Crippen molar-refractivity contribution in [3.63, 3.8) is 0 Å². The smallest absolute Gasteiger partial charge is 0.255 e. The van der Waals surface area contributed by atoms with Gasteiger partial charge in [-0.2, -0.15) is 0 Å². The van der Waals surface area contributed by atoms with Gasteiger partial charge >= 0.3 is 0 Å². The molecule has 0 aliphatic heterocycles. The molecule has 2 N–H and O–H groups in total. The van der Waals surface area contributed by atoms with Crippen LogP contribution in [0, 0.1) is 0 Å². The summed E-state index contributed by atoms with van der Waals surface area (Å²) in [5.74, 6) is 0.128. The average Bonchev–Trinajstić information content (AvgIpc) is 2.68. The molecule has 5 heteroatoms. The van der Waals surface area contributed by atoms with Crippen LogP contribution in [0.1, 0.15) is 34.6 Å². The fraction of sp³-hybridized carbons (Fsp3) is 0.130. The van der Waals surface area contributed by atoms with Gasteiger partial charge in [-0.1, -0.05) is 30.3 Å². The molecule has 3 aromatic rings. The third kappa shape index (κ3) is 5.20. The van der Waals surface area contributed by atoms with Crippen molar-refractivity contribution in [1.82, 2.24) is 0 Å². The second-order valence-corrected chi connectivity index (χ2v) is 6.55. The molecule has 3 rings (SSSR count). The van der Waals surface area contributed by atoms with E-state index in [-0.39, 0.29) is 17.9 Å². The van der Waals surface area contributed by atoms with E-state index in [9.17, 15) is 9.59 Å². The van der Waals surface area contributed by atoms with Gasteiger partial charge in [-0.05, 0) is 62.4 Å². The number of nitrogens with one attached hydrogen (secondary N) is 2.